The summed E-state index contributed by atoms with van der Waals surface area (Å²) in [6.07, 6.45) is 1.43. The van der Waals surface area contributed by atoms with E-state index in [1.165, 1.54) is 12.3 Å². The highest BCUT2D eigenvalue weighted by Crippen LogP contribution is 2.53. The second kappa shape index (κ2) is 6.57. The molecule has 1 amide bonds. The van der Waals surface area contributed by atoms with Crippen LogP contribution in [0.5, 0.6) is 5.75 Å². The van der Waals surface area contributed by atoms with Gasteiger partial charge >= 0.3 is 0 Å². The first-order valence-electron chi connectivity index (χ1n) is 10.0. The Kier molecular flexibility index (Phi) is 4.12. The maximum Gasteiger partial charge on any atom is 0.255 e. The molecular formula is C23H19NO8. The van der Waals surface area contributed by atoms with Gasteiger partial charge in [-0.25, -0.2) is 0 Å². The summed E-state index contributed by atoms with van der Waals surface area (Å²) in [5.74, 6) is -5.98. The molecule has 1 aromatic heterocycles. The molecule has 1 saturated carbocycles. The Bertz CT molecular complexity index is 1270. The number of aromatic hydroxyl groups is 1. The van der Waals surface area contributed by atoms with Crippen LogP contribution in [0.4, 0.5) is 0 Å². The van der Waals surface area contributed by atoms with Gasteiger partial charge in [0.1, 0.15) is 28.6 Å². The summed E-state index contributed by atoms with van der Waals surface area (Å²) >= 11 is 0. The van der Waals surface area contributed by atoms with E-state index in [1.54, 1.807) is 18.2 Å². The number of fused-ring (bicyclic) bond motifs is 3. The van der Waals surface area contributed by atoms with Crippen molar-refractivity contribution in [1.82, 2.24) is 0 Å². The van der Waals surface area contributed by atoms with E-state index < -0.39 is 52.0 Å². The zero-order chi connectivity index (χ0) is 22.9. The third-order valence-electron chi connectivity index (χ3n) is 6.73. The highest BCUT2D eigenvalue weighted by Gasteiger charge is 2.60. The van der Waals surface area contributed by atoms with Crippen LogP contribution in [0.25, 0.3) is 17.1 Å². The SMILES string of the molecule is NC(=O)C1=C(O)[C@@]2(O)C(=O)C3=C(O)c4c(O)ccc(-c5ccco5)c4CC3C[C@H]2CC1=O. The number of benzene rings is 1. The van der Waals surface area contributed by atoms with Gasteiger partial charge in [-0.1, -0.05) is 0 Å². The first kappa shape index (κ1) is 20.1. The molecule has 3 aliphatic rings. The number of carbonyl (C=O) groups excluding carboxylic acids is 3. The molecule has 1 fully saturated rings. The fraction of sp³-hybridized carbons (Fsp3) is 0.261. The Balaban J connectivity index is 1.72. The molecule has 0 spiro atoms. The summed E-state index contributed by atoms with van der Waals surface area (Å²) in [7, 11) is 0. The summed E-state index contributed by atoms with van der Waals surface area (Å²) in [5, 5.41) is 43.3. The van der Waals surface area contributed by atoms with Crippen molar-refractivity contribution in [3.8, 4) is 17.1 Å². The van der Waals surface area contributed by atoms with Gasteiger partial charge in [0.2, 0.25) is 5.78 Å². The number of aliphatic hydroxyl groups is 3. The minimum atomic E-state index is -2.57. The van der Waals surface area contributed by atoms with Gasteiger partial charge in [-0.05, 0) is 48.6 Å². The fourth-order valence-electron chi connectivity index (χ4n) is 5.28. The number of phenols is 1. The molecule has 3 atom stereocenters. The van der Waals surface area contributed by atoms with Crippen LogP contribution in [-0.4, -0.2) is 43.5 Å². The van der Waals surface area contributed by atoms with Gasteiger partial charge in [0.15, 0.2) is 11.4 Å². The Labute approximate surface area is 181 Å². The van der Waals surface area contributed by atoms with Gasteiger partial charge in [0.25, 0.3) is 5.91 Å². The lowest BCUT2D eigenvalue weighted by molar-refractivity contribution is -0.147. The van der Waals surface area contributed by atoms with Gasteiger partial charge in [0.05, 0.1) is 11.8 Å². The van der Waals surface area contributed by atoms with Gasteiger partial charge in [-0.3, -0.25) is 14.4 Å². The molecule has 1 unspecified atom stereocenters. The number of ketones is 2. The Hall–Kier alpha value is -3.85. The van der Waals surface area contributed by atoms with Crippen molar-refractivity contribution >= 4 is 23.2 Å². The van der Waals surface area contributed by atoms with E-state index in [-0.39, 0.29) is 36.1 Å². The molecule has 0 radical (unpaired) electrons. The molecule has 0 saturated heterocycles. The molecule has 6 N–H and O–H groups in total. The fourth-order valence-corrected chi connectivity index (χ4v) is 5.28. The molecule has 0 aliphatic heterocycles. The predicted molar refractivity (Wildman–Crippen MR) is 109 cm³/mol. The Morgan fingerprint density at radius 2 is 1.88 bits per heavy atom. The average molecular weight is 437 g/mol. The van der Waals surface area contributed by atoms with Crippen molar-refractivity contribution in [3.05, 3.63) is 58.6 Å². The Morgan fingerprint density at radius 1 is 1.12 bits per heavy atom. The van der Waals surface area contributed by atoms with Crippen LogP contribution >= 0.6 is 0 Å². The minimum absolute atomic E-state index is 0.0334. The van der Waals surface area contributed by atoms with Crippen LogP contribution in [0, 0.1) is 11.8 Å². The number of nitrogens with two attached hydrogens (primary N) is 1. The maximum atomic E-state index is 13.4. The molecule has 0 bridgehead atoms. The maximum absolute atomic E-state index is 13.4. The second-order valence-corrected chi connectivity index (χ2v) is 8.37. The highest BCUT2D eigenvalue weighted by molar-refractivity contribution is 6.22. The van der Waals surface area contributed by atoms with Crippen LogP contribution < -0.4 is 5.73 Å². The molecule has 1 heterocycles. The molecule has 164 valence electrons. The van der Waals surface area contributed by atoms with Gasteiger partial charge < -0.3 is 30.6 Å². The number of hydrogen-bond acceptors (Lipinski definition) is 8. The van der Waals surface area contributed by atoms with Gasteiger partial charge in [-0.2, -0.15) is 0 Å². The third kappa shape index (κ3) is 2.45. The first-order valence-corrected chi connectivity index (χ1v) is 10.0. The second-order valence-electron chi connectivity index (χ2n) is 8.37. The third-order valence-corrected chi connectivity index (χ3v) is 6.73. The topological polar surface area (TPSA) is 171 Å². The summed E-state index contributed by atoms with van der Waals surface area (Å²) in [6.45, 7) is 0. The molecule has 1 aromatic carbocycles. The van der Waals surface area contributed by atoms with Crippen LogP contribution in [-0.2, 0) is 20.8 Å². The molecule has 2 aromatic rings. The van der Waals surface area contributed by atoms with E-state index in [4.69, 9.17) is 10.2 Å². The number of hydrogen-bond donors (Lipinski definition) is 5. The summed E-state index contributed by atoms with van der Waals surface area (Å²) in [4.78, 5) is 37.5. The van der Waals surface area contributed by atoms with E-state index >= 15 is 0 Å². The smallest absolute Gasteiger partial charge is 0.255 e. The standard InChI is InChI=1S/C23H19NO8/c24-22(30)18-14(26)8-10-6-9-7-12-11(15-2-1-5-32-15)3-4-13(25)17(12)19(27)16(9)20(28)23(10,31)21(18)29/h1-5,9-10,25,27,29,31H,6-8H2,(H2,24,30)/t9?,10-,23-/m0/s1. The zero-order valence-corrected chi connectivity index (χ0v) is 16.7. The van der Waals surface area contributed by atoms with Crippen molar-refractivity contribution in [2.75, 3.05) is 0 Å². The summed E-state index contributed by atoms with van der Waals surface area (Å²) < 4.78 is 5.47. The summed E-state index contributed by atoms with van der Waals surface area (Å²) in [6, 6.07) is 6.42. The van der Waals surface area contributed by atoms with Crippen LogP contribution in [0.2, 0.25) is 0 Å². The molecule has 32 heavy (non-hydrogen) atoms. The number of aliphatic hydroxyl groups excluding tert-OH is 2. The minimum Gasteiger partial charge on any atom is -0.508 e. The van der Waals surface area contributed by atoms with E-state index in [9.17, 15) is 34.8 Å². The number of Topliss-reactive ketones (excluding diaryl/α,β-unsaturated/α-hetero) is 2. The molecule has 3 aliphatic carbocycles. The molecule has 9 nitrogen and oxygen atoms in total. The largest absolute Gasteiger partial charge is 0.508 e. The van der Waals surface area contributed by atoms with Crippen LogP contribution in [0.15, 0.2) is 51.9 Å². The van der Waals surface area contributed by atoms with E-state index in [2.05, 4.69) is 0 Å². The number of amides is 1. The number of furan rings is 1. The summed E-state index contributed by atoms with van der Waals surface area (Å²) in [5.41, 5.74) is 2.84. The normalized spacial score (nSPS) is 27.2. The average Bonchev–Trinajstić information content (AvgIpc) is 3.25. The molecule has 5 rings (SSSR count). The van der Waals surface area contributed by atoms with Crippen molar-refractivity contribution < 1.29 is 39.2 Å². The predicted octanol–water partition coefficient (Wildman–Crippen LogP) is 1.68. The Morgan fingerprint density at radius 3 is 2.53 bits per heavy atom. The van der Waals surface area contributed by atoms with Gasteiger partial charge in [0, 0.05) is 23.5 Å². The van der Waals surface area contributed by atoms with E-state index in [0.717, 1.165) is 0 Å². The van der Waals surface area contributed by atoms with E-state index in [0.29, 0.717) is 16.9 Å². The molecule has 9 heteroatoms. The van der Waals surface area contributed by atoms with Crippen molar-refractivity contribution in [1.29, 1.82) is 0 Å². The number of primary amides is 1. The van der Waals surface area contributed by atoms with Crippen LogP contribution in [0.3, 0.4) is 0 Å². The number of rotatable bonds is 2. The monoisotopic (exact) mass is 437 g/mol. The lowest BCUT2D eigenvalue weighted by Crippen LogP contribution is -2.58. The van der Waals surface area contributed by atoms with Crippen molar-refractivity contribution in [3.63, 3.8) is 0 Å². The quantitative estimate of drug-likeness (QED) is 0.442. The lowest BCUT2D eigenvalue weighted by Gasteiger charge is -2.46. The highest BCUT2D eigenvalue weighted by atomic mass is 16.3. The first-order chi connectivity index (χ1) is 15.2. The molecular weight excluding hydrogens is 418 g/mol. The number of phenolic OH excluding ortho intramolecular Hbond substituents is 1. The van der Waals surface area contributed by atoms with Crippen LogP contribution in [0.1, 0.15) is 24.0 Å². The van der Waals surface area contributed by atoms with E-state index in [1.807, 2.05) is 0 Å². The number of carbonyl (C=O) groups is 3. The van der Waals surface area contributed by atoms with Crippen molar-refractivity contribution in [2.45, 2.75) is 24.9 Å². The zero-order valence-electron chi connectivity index (χ0n) is 16.7. The van der Waals surface area contributed by atoms with Gasteiger partial charge in [-0.15, -0.1) is 0 Å². The lowest BCUT2D eigenvalue weighted by atomic mass is 9.59. The van der Waals surface area contributed by atoms with Crippen molar-refractivity contribution in [2.24, 2.45) is 17.6 Å².